The Balaban J connectivity index is 2.54. The third-order valence-corrected chi connectivity index (χ3v) is 3.10. The van der Waals surface area contributed by atoms with Crippen LogP contribution in [0.1, 0.15) is 19.4 Å². The molecule has 1 aromatic rings. The topological polar surface area (TPSA) is 55.7 Å². The van der Waals surface area contributed by atoms with Crippen LogP contribution in [0.25, 0.3) is 0 Å². The summed E-state index contributed by atoms with van der Waals surface area (Å²) in [6, 6.07) is 8.12. The third-order valence-electron chi connectivity index (χ3n) is 3.10. The third kappa shape index (κ3) is 4.29. The van der Waals surface area contributed by atoms with Crippen molar-refractivity contribution in [2.75, 3.05) is 31.2 Å². The molecule has 0 saturated carbocycles. The lowest BCUT2D eigenvalue weighted by molar-refractivity contribution is 0.170. The first-order chi connectivity index (χ1) is 8.74. The molecular weight excluding hydrogens is 228 g/mol. The van der Waals surface area contributed by atoms with E-state index >= 15 is 0 Å². The molecule has 1 rings (SSSR count). The molecule has 0 saturated heterocycles. The smallest absolute Gasteiger partial charge is 0.0607 e. The van der Waals surface area contributed by atoms with Crippen LogP contribution in [0, 0.1) is 0 Å². The lowest BCUT2D eigenvalue weighted by Gasteiger charge is -2.21. The molecular formula is C14H24N2O2. The monoisotopic (exact) mass is 252 g/mol. The van der Waals surface area contributed by atoms with Crippen LogP contribution in [0.2, 0.25) is 0 Å². The Morgan fingerprint density at radius 1 is 1.06 bits per heavy atom. The van der Waals surface area contributed by atoms with Gasteiger partial charge in [-0.1, -0.05) is 12.1 Å². The predicted octanol–water partition coefficient (Wildman–Crippen LogP) is 0.976. The summed E-state index contributed by atoms with van der Waals surface area (Å²) in [5, 5.41) is 21.0. The highest BCUT2D eigenvalue weighted by molar-refractivity contribution is 5.47. The number of aliphatic hydroxyl groups is 2. The molecule has 1 aromatic carbocycles. The number of nitrogens with one attached hydrogen (secondary N) is 1. The zero-order valence-electron chi connectivity index (χ0n) is 11.3. The number of hydrogen-bond acceptors (Lipinski definition) is 4. The second-order valence-corrected chi connectivity index (χ2v) is 4.28. The van der Waals surface area contributed by atoms with Gasteiger partial charge in [-0.05, 0) is 31.5 Å². The second-order valence-electron chi connectivity index (χ2n) is 4.28. The van der Waals surface area contributed by atoms with Crippen LogP contribution < -0.4 is 10.2 Å². The Labute approximate surface area is 109 Å². The van der Waals surface area contributed by atoms with Crippen LogP contribution in [0.4, 0.5) is 5.69 Å². The molecule has 0 aliphatic carbocycles. The van der Waals surface area contributed by atoms with E-state index < -0.39 is 0 Å². The van der Waals surface area contributed by atoms with Gasteiger partial charge in [-0.3, -0.25) is 0 Å². The van der Waals surface area contributed by atoms with Gasteiger partial charge < -0.3 is 20.4 Å². The molecule has 0 spiro atoms. The van der Waals surface area contributed by atoms with Gasteiger partial charge in [0.25, 0.3) is 0 Å². The van der Waals surface area contributed by atoms with Crippen LogP contribution in [-0.4, -0.2) is 42.6 Å². The SMILES string of the molecule is CCN(CC)c1ccc(CNC(CO)CO)cc1. The standard InChI is InChI=1S/C14H24N2O2/c1-3-16(4-2)14-7-5-12(6-8-14)9-15-13(10-17)11-18/h5-8,13,15,17-18H,3-4,9-11H2,1-2H3. The van der Waals surface area contributed by atoms with E-state index in [1.165, 1.54) is 5.69 Å². The molecule has 0 fully saturated rings. The summed E-state index contributed by atoms with van der Waals surface area (Å²) < 4.78 is 0. The minimum Gasteiger partial charge on any atom is -0.395 e. The summed E-state index contributed by atoms with van der Waals surface area (Å²) in [4.78, 5) is 2.29. The van der Waals surface area contributed by atoms with Crippen molar-refractivity contribution < 1.29 is 10.2 Å². The maximum absolute atomic E-state index is 8.96. The molecule has 0 heterocycles. The second kappa shape index (κ2) is 8.08. The summed E-state index contributed by atoms with van der Waals surface area (Å²) in [7, 11) is 0. The van der Waals surface area contributed by atoms with Gasteiger partial charge in [-0.15, -0.1) is 0 Å². The highest BCUT2D eigenvalue weighted by Crippen LogP contribution is 2.14. The number of anilines is 1. The highest BCUT2D eigenvalue weighted by atomic mass is 16.3. The minimum atomic E-state index is -0.243. The quantitative estimate of drug-likeness (QED) is 0.645. The van der Waals surface area contributed by atoms with Crippen molar-refractivity contribution in [3.8, 4) is 0 Å². The maximum Gasteiger partial charge on any atom is 0.0607 e. The maximum atomic E-state index is 8.96. The lowest BCUT2D eigenvalue weighted by Crippen LogP contribution is -2.35. The first-order valence-corrected chi connectivity index (χ1v) is 6.54. The van der Waals surface area contributed by atoms with E-state index in [-0.39, 0.29) is 19.3 Å². The number of hydrogen-bond donors (Lipinski definition) is 3. The van der Waals surface area contributed by atoms with Crippen molar-refractivity contribution in [3.63, 3.8) is 0 Å². The van der Waals surface area contributed by atoms with E-state index in [9.17, 15) is 0 Å². The van der Waals surface area contributed by atoms with Crippen molar-refractivity contribution in [2.24, 2.45) is 0 Å². The minimum absolute atomic E-state index is 0.0476. The van der Waals surface area contributed by atoms with Gasteiger partial charge >= 0.3 is 0 Å². The van der Waals surface area contributed by atoms with Gasteiger partial charge in [-0.25, -0.2) is 0 Å². The predicted molar refractivity (Wildman–Crippen MR) is 74.8 cm³/mol. The Kier molecular flexibility index (Phi) is 6.72. The fourth-order valence-electron chi connectivity index (χ4n) is 1.86. The van der Waals surface area contributed by atoms with Crippen LogP contribution in [0.15, 0.2) is 24.3 Å². The molecule has 3 N–H and O–H groups in total. The van der Waals surface area contributed by atoms with E-state index in [2.05, 4.69) is 48.3 Å². The van der Waals surface area contributed by atoms with Crippen LogP contribution in [-0.2, 0) is 6.54 Å². The first kappa shape index (κ1) is 15.0. The summed E-state index contributed by atoms with van der Waals surface area (Å²) in [5.41, 5.74) is 2.38. The molecule has 0 aliphatic heterocycles. The lowest BCUT2D eigenvalue weighted by atomic mass is 10.2. The van der Waals surface area contributed by atoms with Gasteiger partial charge in [0, 0.05) is 25.3 Å². The average molecular weight is 252 g/mol. The van der Waals surface area contributed by atoms with Crippen molar-refractivity contribution >= 4 is 5.69 Å². The molecule has 4 heteroatoms. The average Bonchev–Trinajstić information content (AvgIpc) is 2.43. The van der Waals surface area contributed by atoms with E-state index in [1.54, 1.807) is 0 Å². The Hall–Kier alpha value is -1.10. The van der Waals surface area contributed by atoms with Crippen LogP contribution >= 0.6 is 0 Å². The number of rotatable bonds is 8. The highest BCUT2D eigenvalue weighted by Gasteiger charge is 2.05. The molecule has 4 nitrogen and oxygen atoms in total. The number of nitrogens with zero attached hydrogens (tertiary/aromatic N) is 1. The number of benzene rings is 1. The molecule has 0 radical (unpaired) electrons. The Bertz CT molecular complexity index is 319. The zero-order valence-corrected chi connectivity index (χ0v) is 11.3. The molecule has 0 amide bonds. The van der Waals surface area contributed by atoms with E-state index in [1.807, 2.05) is 0 Å². The van der Waals surface area contributed by atoms with E-state index in [0.29, 0.717) is 6.54 Å². The van der Waals surface area contributed by atoms with E-state index in [4.69, 9.17) is 10.2 Å². The Morgan fingerprint density at radius 3 is 2.06 bits per heavy atom. The van der Waals surface area contributed by atoms with Gasteiger partial charge in [0.1, 0.15) is 0 Å². The molecule has 102 valence electrons. The van der Waals surface area contributed by atoms with Gasteiger partial charge in [-0.2, -0.15) is 0 Å². The molecule has 0 atom stereocenters. The molecule has 18 heavy (non-hydrogen) atoms. The van der Waals surface area contributed by atoms with Crippen LogP contribution in [0.3, 0.4) is 0 Å². The summed E-state index contributed by atoms with van der Waals surface area (Å²) in [6.07, 6.45) is 0. The summed E-state index contributed by atoms with van der Waals surface area (Å²) in [6.45, 7) is 6.86. The fraction of sp³-hybridized carbons (Fsp3) is 0.571. The fourth-order valence-corrected chi connectivity index (χ4v) is 1.86. The number of aliphatic hydroxyl groups excluding tert-OH is 2. The summed E-state index contributed by atoms with van der Waals surface area (Å²) in [5.74, 6) is 0. The largest absolute Gasteiger partial charge is 0.395 e. The van der Waals surface area contributed by atoms with Crippen LogP contribution in [0.5, 0.6) is 0 Å². The van der Waals surface area contributed by atoms with E-state index in [0.717, 1.165) is 18.7 Å². The van der Waals surface area contributed by atoms with Crippen molar-refractivity contribution in [1.29, 1.82) is 0 Å². The van der Waals surface area contributed by atoms with Crippen molar-refractivity contribution in [2.45, 2.75) is 26.4 Å². The van der Waals surface area contributed by atoms with Crippen molar-refractivity contribution in [3.05, 3.63) is 29.8 Å². The molecule has 0 unspecified atom stereocenters. The van der Waals surface area contributed by atoms with Gasteiger partial charge in [0.15, 0.2) is 0 Å². The van der Waals surface area contributed by atoms with Gasteiger partial charge in [0.2, 0.25) is 0 Å². The molecule has 0 aromatic heterocycles. The normalized spacial score (nSPS) is 10.9. The zero-order chi connectivity index (χ0) is 13.4. The first-order valence-electron chi connectivity index (χ1n) is 6.54. The molecule has 0 aliphatic rings. The van der Waals surface area contributed by atoms with Crippen molar-refractivity contribution in [1.82, 2.24) is 5.32 Å². The molecule has 0 bridgehead atoms. The summed E-state index contributed by atoms with van der Waals surface area (Å²) >= 11 is 0. The Morgan fingerprint density at radius 2 is 1.61 bits per heavy atom. The van der Waals surface area contributed by atoms with Gasteiger partial charge in [0.05, 0.1) is 19.3 Å².